The average Bonchev–Trinajstić information content (AvgIpc) is 2.36. The highest BCUT2D eigenvalue weighted by Gasteiger charge is 2.59. The van der Waals surface area contributed by atoms with E-state index in [0.29, 0.717) is 5.41 Å². The molecule has 0 atom stereocenters. The van der Waals surface area contributed by atoms with Gasteiger partial charge in [-0.25, -0.2) is 0 Å². The first kappa shape index (κ1) is 11.0. The van der Waals surface area contributed by atoms with Gasteiger partial charge in [-0.15, -0.1) is 0 Å². The fourth-order valence-electron chi connectivity index (χ4n) is 3.66. The van der Waals surface area contributed by atoms with Crippen LogP contribution >= 0.6 is 0 Å². The largest absolute Gasteiger partial charge is 0.380 e. The van der Waals surface area contributed by atoms with Crippen LogP contribution in [0.1, 0.15) is 18.4 Å². The Morgan fingerprint density at radius 1 is 1.00 bits per heavy atom. The van der Waals surface area contributed by atoms with Crippen molar-refractivity contribution in [2.24, 2.45) is 5.41 Å². The van der Waals surface area contributed by atoms with Crippen molar-refractivity contribution in [1.29, 1.82) is 5.26 Å². The average molecular weight is 249 g/mol. The highest BCUT2D eigenvalue weighted by molar-refractivity contribution is 5.83. The molecule has 2 aromatic rings. The van der Waals surface area contributed by atoms with Gasteiger partial charge in [0.2, 0.25) is 0 Å². The summed E-state index contributed by atoms with van der Waals surface area (Å²) in [5.41, 5.74) is 1.20. The number of rotatable bonds is 1. The van der Waals surface area contributed by atoms with Crippen LogP contribution in [0, 0.1) is 16.7 Å². The van der Waals surface area contributed by atoms with E-state index in [1.54, 1.807) is 0 Å². The molecule has 0 N–H and O–H groups in total. The van der Waals surface area contributed by atoms with Gasteiger partial charge in [-0.05, 0) is 35.2 Å². The summed E-state index contributed by atoms with van der Waals surface area (Å²) in [7, 11) is 0. The van der Waals surface area contributed by atoms with E-state index >= 15 is 0 Å². The van der Waals surface area contributed by atoms with E-state index < -0.39 is 0 Å². The first-order valence-electron chi connectivity index (χ1n) is 6.74. The van der Waals surface area contributed by atoms with E-state index in [9.17, 15) is 5.26 Å². The van der Waals surface area contributed by atoms with Gasteiger partial charge in [0.25, 0.3) is 0 Å². The number of fused-ring (bicyclic) bond motifs is 1. The lowest BCUT2D eigenvalue weighted by Gasteiger charge is -2.57. The zero-order valence-electron chi connectivity index (χ0n) is 10.7. The summed E-state index contributed by atoms with van der Waals surface area (Å²) < 4.78 is 5.31. The second-order valence-electron chi connectivity index (χ2n) is 6.10. The van der Waals surface area contributed by atoms with Gasteiger partial charge >= 0.3 is 0 Å². The third-order valence-corrected chi connectivity index (χ3v) is 4.69. The van der Waals surface area contributed by atoms with Crippen molar-refractivity contribution in [2.45, 2.75) is 18.3 Å². The molecule has 0 radical (unpaired) electrons. The number of nitrogens with zero attached hydrogens (tertiary/aromatic N) is 1. The van der Waals surface area contributed by atoms with Gasteiger partial charge in [-0.3, -0.25) is 0 Å². The van der Waals surface area contributed by atoms with E-state index in [2.05, 4.69) is 36.4 Å². The van der Waals surface area contributed by atoms with Crippen molar-refractivity contribution in [3.05, 3.63) is 48.0 Å². The van der Waals surface area contributed by atoms with Crippen LogP contribution in [0.25, 0.3) is 10.8 Å². The molecule has 1 saturated heterocycles. The minimum Gasteiger partial charge on any atom is -0.380 e. The topological polar surface area (TPSA) is 33.0 Å². The second-order valence-corrected chi connectivity index (χ2v) is 6.10. The number of benzene rings is 2. The molecule has 0 amide bonds. The molecule has 1 aliphatic carbocycles. The smallest absolute Gasteiger partial charge is 0.0836 e. The monoisotopic (exact) mass is 249 g/mol. The Balaban J connectivity index is 1.75. The van der Waals surface area contributed by atoms with Crippen molar-refractivity contribution in [3.63, 3.8) is 0 Å². The summed E-state index contributed by atoms with van der Waals surface area (Å²) in [6.07, 6.45) is 1.91. The van der Waals surface area contributed by atoms with Crippen LogP contribution in [-0.2, 0) is 10.2 Å². The van der Waals surface area contributed by atoms with E-state index in [1.165, 1.54) is 16.3 Å². The molecular weight excluding hydrogens is 234 g/mol. The maximum absolute atomic E-state index is 9.62. The van der Waals surface area contributed by atoms with Crippen LogP contribution in [0.5, 0.6) is 0 Å². The standard InChI is InChI=1S/C17H15NO/c18-10-17(8-16(9-17)11-19-12-16)15-6-5-13-3-1-2-4-14(13)7-15/h1-7H,8-9,11-12H2. The molecule has 0 unspecified atom stereocenters. The van der Waals surface area contributed by atoms with Crippen molar-refractivity contribution >= 4 is 10.8 Å². The first-order chi connectivity index (χ1) is 9.25. The first-order valence-corrected chi connectivity index (χ1v) is 6.74. The highest BCUT2D eigenvalue weighted by Crippen LogP contribution is 2.59. The van der Waals surface area contributed by atoms with Gasteiger partial charge < -0.3 is 4.74 Å². The molecule has 1 heterocycles. The Morgan fingerprint density at radius 3 is 2.37 bits per heavy atom. The zero-order chi connectivity index (χ0) is 12.9. The molecule has 0 aromatic heterocycles. The predicted octanol–water partition coefficient (Wildman–Crippen LogP) is 3.41. The maximum atomic E-state index is 9.62. The minimum absolute atomic E-state index is 0.284. The molecule has 2 heteroatoms. The Kier molecular flexibility index (Phi) is 2.08. The molecule has 4 rings (SSSR count). The lowest BCUT2D eigenvalue weighted by molar-refractivity contribution is -0.178. The van der Waals surface area contributed by atoms with Gasteiger partial charge in [0, 0.05) is 5.41 Å². The molecule has 2 aromatic carbocycles. The lowest BCUT2D eigenvalue weighted by atomic mass is 9.50. The number of ether oxygens (including phenoxy) is 1. The van der Waals surface area contributed by atoms with Gasteiger partial charge in [-0.2, -0.15) is 5.26 Å². The van der Waals surface area contributed by atoms with Crippen LogP contribution in [0.3, 0.4) is 0 Å². The predicted molar refractivity (Wildman–Crippen MR) is 73.7 cm³/mol. The molecule has 19 heavy (non-hydrogen) atoms. The zero-order valence-corrected chi connectivity index (χ0v) is 10.7. The van der Waals surface area contributed by atoms with E-state index in [0.717, 1.165) is 26.1 Å². The third-order valence-electron chi connectivity index (χ3n) is 4.69. The molecular formula is C17H15NO. The number of hydrogen-bond acceptors (Lipinski definition) is 2. The maximum Gasteiger partial charge on any atom is 0.0836 e. The van der Waals surface area contributed by atoms with Crippen LogP contribution in [0.4, 0.5) is 0 Å². The van der Waals surface area contributed by atoms with Crippen LogP contribution < -0.4 is 0 Å². The fraction of sp³-hybridized carbons (Fsp3) is 0.353. The normalized spacial score (nSPS) is 22.5. The van der Waals surface area contributed by atoms with Gasteiger partial charge in [0.05, 0.1) is 24.7 Å². The number of nitriles is 1. The van der Waals surface area contributed by atoms with Crippen molar-refractivity contribution < 1.29 is 4.74 Å². The number of hydrogen-bond donors (Lipinski definition) is 0. The summed E-state index contributed by atoms with van der Waals surface area (Å²) in [5, 5.41) is 12.1. The summed E-state index contributed by atoms with van der Waals surface area (Å²) in [5.74, 6) is 0. The highest BCUT2D eigenvalue weighted by atomic mass is 16.5. The Hall–Kier alpha value is -1.85. The Labute approximate surface area is 112 Å². The molecule has 2 nitrogen and oxygen atoms in total. The van der Waals surface area contributed by atoms with Crippen LogP contribution in [0.2, 0.25) is 0 Å². The summed E-state index contributed by atoms with van der Waals surface area (Å²) >= 11 is 0. The van der Waals surface area contributed by atoms with Crippen molar-refractivity contribution in [1.82, 2.24) is 0 Å². The van der Waals surface area contributed by atoms with Crippen LogP contribution in [-0.4, -0.2) is 13.2 Å². The minimum atomic E-state index is -0.284. The molecule has 2 aliphatic rings. The van der Waals surface area contributed by atoms with E-state index in [-0.39, 0.29) is 5.41 Å². The molecule has 2 fully saturated rings. The second kappa shape index (κ2) is 3.59. The van der Waals surface area contributed by atoms with E-state index in [4.69, 9.17) is 4.74 Å². The molecule has 0 bridgehead atoms. The molecule has 1 spiro atoms. The summed E-state index contributed by atoms with van der Waals surface area (Å²) in [6.45, 7) is 1.67. The summed E-state index contributed by atoms with van der Waals surface area (Å²) in [4.78, 5) is 0. The Morgan fingerprint density at radius 2 is 1.74 bits per heavy atom. The molecule has 1 aliphatic heterocycles. The van der Waals surface area contributed by atoms with E-state index in [1.807, 2.05) is 12.1 Å². The summed E-state index contributed by atoms with van der Waals surface area (Å²) in [6, 6.07) is 17.3. The molecule has 94 valence electrons. The van der Waals surface area contributed by atoms with Gasteiger partial charge in [0.15, 0.2) is 0 Å². The SMILES string of the molecule is N#CC1(c2ccc3ccccc3c2)CC2(COC2)C1. The lowest BCUT2D eigenvalue weighted by Crippen LogP contribution is -2.59. The van der Waals surface area contributed by atoms with Gasteiger partial charge in [-0.1, -0.05) is 36.4 Å². The third kappa shape index (κ3) is 1.45. The quantitative estimate of drug-likeness (QED) is 0.776. The van der Waals surface area contributed by atoms with Crippen molar-refractivity contribution in [3.8, 4) is 6.07 Å². The Bertz CT molecular complexity index is 686. The van der Waals surface area contributed by atoms with Crippen LogP contribution in [0.15, 0.2) is 42.5 Å². The van der Waals surface area contributed by atoms with Gasteiger partial charge in [0.1, 0.15) is 0 Å². The van der Waals surface area contributed by atoms with Crippen molar-refractivity contribution in [2.75, 3.05) is 13.2 Å². The fourth-order valence-corrected chi connectivity index (χ4v) is 3.66. The molecule has 1 saturated carbocycles.